The van der Waals surface area contributed by atoms with E-state index in [-0.39, 0.29) is 12.5 Å². The summed E-state index contributed by atoms with van der Waals surface area (Å²) in [4.78, 5) is 21.7. The number of nitrogens with zero attached hydrogens (tertiary/aromatic N) is 3. The molecule has 6 nitrogen and oxygen atoms in total. The van der Waals surface area contributed by atoms with Gasteiger partial charge in [-0.05, 0) is 12.3 Å². The predicted octanol–water partition coefficient (Wildman–Crippen LogP) is 1.03. The molecule has 1 heterocycles. The highest BCUT2D eigenvalue weighted by Gasteiger charge is 2.18. The molecule has 0 aliphatic heterocycles. The molecule has 0 atom stereocenters. The van der Waals surface area contributed by atoms with E-state index in [0.29, 0.717) is 5.92 Å². The van der Waals surface area contributed by atoms with Crippen LogP contribution in [0.1, 0.15) is 26.3 Å². The van der Waals surface area contributed by atoms with E-state index >= 15 is 0 Å². The second-order valence-electron chi connectivity index (χ2n) is 4.87. The van der Waals surface area contributed by atoms with Crippen LogP contribution in [0.5, 0.6) is 0 Å². The summed E-state index contributed by atoms with van der Waals surface area (Å²) >= 11 is 0. The van der Waals surface area contributed by atoms with Crippen molar-refractivity contribution >= 4 is 17.5 Å². The zero-order valence-corrected chi connectivity index (χ0v) is 12.1. The summed E-state index contributed by atoms with van der Waals surface area (Å²) in [7, 11) is 1.83. The number of amides is 1. The molecule has 1 aromatic rings. The minimum absolute atomic E-state index is 0.172. The van der Waals surface area contributed by atoms with Gasteiger partial charge in [-0.25, -0.2) is 9.97 Å². The first kappa shape index (κ1) is 15.2. The summed E-state index contributed by atoms with van der Waals surface area (Å²) < 4.78 is 0. The summed E-state index contributed by atoms with van der Waals surface area (Å²) in [6.45, 7) is 7.14. The predicted molar refractivity (Wildman–Crippen MR) is 77.2 cm³/mol. The second-order valence-corrected chi connectivity index (χ2v) is 4.87. The number of rotatable bonds is 7. The SMILES string of the molecule is CCc1c(NC)ncnc1N(CC(N)=O)CC(C)C. The fourth-order valence-corrected chi connectivity index (χ4v) is 2.07. The molecule has 19 heavy (non-hydrogen) atoms. The number of nitrogens with one attached hydrogen (secondary N) is 1. The van der Waals surface area contributed by atoms with Gasteiger partial charge in [0.2, 0.25) is 5.91 Å². The Bertz CT molecular complexity index is 433. The quantitative estimate of drug-likeness (QED) is 0.769. The molecular formula is C13H23N5O. The van der Waals surface area contributed by atoms with E-state index in [4.69, 9.17) is 5.73 Å². The van der Waals surface area contributed by atoms with Crippen LogP contribution in [0.2, 0.25) is 0 Å². The number of carbonyl (C=O) groups excluding carboxylic acids is 1. The Labute approximate surface area is 114 Å². The van der Waals surface area contributed by atoms with Crippen LogP contribution >= 0.6 is 0 Å². The van der Waals surface area contributed by atoms with Crippen LogP contribution in [-0.4, -0.2) is 36.0 Å². The van der Waals surface area contributed by atoms with Crippen molar-refractivity contribution in [3.05, 3.63) is 11.9 Å². The molecule has 0 aliphatic carbocycles. The van der Waals surface area contributed by atoms with Gasteiger partial charge in [-0.1, -0.05) is 20.8 Å². The second kappa shape index (κ2) is 6.92. The lowest BCUT2D eigenvalue weighted by Crippen LogP contribution is -2.37. The smallest absolute Gasteiger partial charge is 0.236 e. The molecule has 1 amide bonds. The number of aromatic nitrogens is 2. The van der Waals surface area contributed by atoms with Crippen LogP contribution in [0.25, 0.3) is 0 Å². The van der Waals surface area contributed by atoms with Crippen molar-refractivity contribution in [2.45, 2.75) is 27.2 Å². The monoisotopic (exact) mass is 265 g/mol. The first-order chi connectivity index (χ1) is 8.99. The van der Waals surface area contributed by atoms with Crippen molar-refractivity contribution in [1.82, 2.24) is 9.97 Å². The molecule has 0 aromatic carbocycles. The maximum absolute atomic E-state index is 11.2. The molecule has 106 valence electrons. The lowest BCUT2D eigenvalue weighted by atomic mass is 10.1. The van der Waals surface area contributed by atoms with E-state index in [2.05, 4.69) is 29.1 Å². The number of primary amides is 1. The van der Waals surface area contributed by atoms with E-state index in [0.717, 1.165) is 30.2 Å². The van der Waals surface area contributed by atoms with E-state index in [9.17, 15) is 4.79 Å². The third-order valence-electron chi connectivity index (χ3n) is 2.74. The Balaban J connectivity index is 3.16. The Morgan fingerprint density at radius 1 is 1.47 bits per heavy atom. The molecule has 0 fully saturated rings. The summed E-state index contributed by atoms with van der Waals surface area (Å²) in [5.74, 6) is 1.64. The van der Waals surface area contributed by atoms with Gasteiger partial charge in [0.25, 0.3) is 0 Å². The van der Waals surface area contributed by atoms with Gasteiger partial charge in [0.15, 0.2) is 0 Å². The number of hydrogen-bond donors (Lipinski definition) is 2. The number of anilines is 2. The van der Waals surface area contributed by atoms with Gasteiger partial charge in [-0.15, -0.1) is 0 Å². The average Bonchev–Trinajstić information content (AvgIpc) is 2.35. The molecule has 1 rings (SSSR count). The van der Waals surface area contributed by atoms with Crippen molar-refractivity contribution in [3.63, 3.8) is 0 Å². The first-order valence-electron chi connectivity index (χ1n) is 6.54. The molecule has 1 aromatic heterocycles. The Morgan fingerprint density at radius 3 is 2.63 bits per heavy atom. The maximum atomic E-state index is 11.2. The standard InChI is InChI=1S/C13H23N5O/c1-5-10-12(15-4)16-8-17-13(10)18(6-9(2)3)7-11(14)19/h8-9H,5-7H2,1-4H3,(H2,14,19)(H,15,16,17). The van der Waals surface area contributed by atoms with Gasteiger partial charge in [-0.3, -0.25) is 4.79 Å². The van der Waals surface area contributed by atoms with Gasteiger partial charge in [-0.2, -0.15) is 0 Å². The molecule has 3 N–H and O–H groups in total. The molecule has 0 bridgehead atoms. The largest absolute Gasteiger partial charge is 0.373 e. The number of nitrogens with two attached hydrogens (primary N) is 1. The molecule has 0 unspecified atom stereocenters. The lowest BCUT2D eigenvalue weighted by molar-refractivity contribution is -0.116. The lowest BCUT2D eigenvalue weighted by Gasteiger charge is -2.26. The van der Waals surface area contributed by atoms with Crippen molar-refractivity contribution in [2.24, 2.45) is 11.7 Å². The van der Waals surface area contributed by atoms with Crippen molar-refractivity contribution in [1.29, 1.82) is 0 Å². The maximum Gasteiger partial charge on any atom is 0.236 e. The number of hydrogen-bond acceptors (Lipinski definition) is 5. The van der Waals surface area contributed by atoms with Crippen LogP contribution in [0.3, 0.4) is 0 Å². The summed E-state index contributed by atoms with van der Waals surface area (Å²) in [6.07, 6.45) is 2.30. The zero-order valence-electron chi connectivity index (χ0n) is 12.1. The highest BCUT2D eigenvalue weighted by atomic mass is 16.1. The fourth-order valence-electron chi connectivity index (χ4n) is 2.07. The van der Waals surface area contributed by atoms with Crippen LogP contribution in [0.15, 0.2) is 6.33 Å². The molecule has 0 saturated heterocycles. The zero-order chi connectivity index (χ0) is 14.4. The van der Waals surface area contributed by atoms with Gasteiger partial charge in [0, 0.05) is 19.2 Å². The summed E-state index contributed by atoms with van der Waals surface area (Å²) in [5.41, 5.74) is 6.34. The van der Waals surface area contributed by atoms with Crippen LogP contribution in [0.4, 0.5) is 11.6 Å². The van der Waals surface area contributed by atoms with Crippen molar-refractivity contribution < 1.29 is 4.79 Å². The normalized spacial score (nSPS) is 10.6. The van der Waals surface area contributed by atoms with Gasteiger partial charge in [0.1, 0.15) is 18.0 Å². The van der Waals surface area contributed by atoms with Gasteiger partial charge >= 0.3 is 0 Å². The summed E-state index contributed by atoms with van der Waals surface area (Å²) in [6, 6.07) is 0. The molecule has 0 saturated carbocycles. The van der Waals surface area contributed by atoms with Crippen LogP contribution in [-0.2, 0) is 11.2 Å². The third kappa shape index (κ3) is 4.08. The van der Waals surface area contributed by atoms with E-state index in [1.54, 1.807) is 0 Å². The molecular weight excluding hydrogens is 242 g/mol. The van der Waals surface area contributed by atoms with E-state index in [1.165, 1.54) is 6.33 Å². The third-order valence-corrected chi connectivity index (χ3v) is 2.74. The minimum atomic E-state index is -0.354. The van der Waals surface area contributed by atoms with Crippen LogP contribution < -0.4 is 16.0 Å². The first-order valence-corrected chi connectivity index (χ1v) is 6.54. The van der Waals surface area contributed by atoms with Crippen molar-refractivity contribution in [3.8, 4) is 0 Å². The average molecular weight is 265 g/mol. The van der Waals surface area contributed by atoms with Crippen molar-refractivity contribution in [2.75, 3.05) is 30.4 Å². The van der Waals surface area contributed by atoms with E-state index < -0.39 is 0 Å². The van der Waals surface area contributed by atoms with Crippen LogP contribution in [0, 0.1) is 5.92 Å². The Hall–Kier alpha value is -1.85. The fraction of sp³-hybridized carbons (Fsp3) is 0.615. The topological polar surface area (TPSA) is 84.1 Å². The van der Waals surface area contributed by atoms with Gasteiger partial charge in [0.05, 0.1) is 6.54 Å². The van der Waals surface area contributed by atoms with Gasteiger partial charge < -0.3 is 16.0 Å². The number of carbonyl (C=O) groups is 1. The highest BCUT2D eigenvalue weighted by molar-refractivity contribution is 5.79. The molecule has 0 aliphatic rings. The summed E-state index contributed by atoms with van der Waals surface area (Å²) in [5, 5.41) is 3.05. The molecule has 6 heteroatoms. The Morgan fingerprint density at radius 2 is 2.16 bits per heavy atom. The Kier molecular flexibility index (Phi) is 5.54. The minimum Gasteiger partial charge on any atom is -0.373 e. The molecule has 0 spiro atoms. The van der Waals surface area contributed by atoms with E-state index in [1.807, 2.05) is 18.9 Å². The molecule has 0 radical (unpaired) electrons. The highest BCUT2D eigenvalue weighted by Crippen LogP contribution is 2.24.